The summed E-state index contributed by atoms with van der Waals surface area (Å²) in [7, 11) is 0. The third-order valence-electron chi connectivity index (χ3n) is 5.98. The molecule has 0 saturated carbocycles. The molecule has 28 heavy (non-hydrogen) atoms. The molecule has 1 N–H and O–H groups in total. The van der Waals surface area contributed by atoms with E-state index < -0.39 is 0 Å². The minimum Gasteiger partial charge on any atom is -0.377 e. The number of aromatic nitrogens is 1. The highest BCUT2D eigenvalue weighted by atomic mass is 16.5. The van der Waals surface area contributed by atoms with E-state index in [-0.39, 0.29) is 0 Å². The molecular weight excluding hydrogens is 348 g/mol. The molecule has 2 aromatic rings. The van der Waals surface area contributed by atoms with E-state index in [0.29, 0.717) is 12.1 Å². The van der Waals surface area contributed by atoms with E-state index >= 15 is 0 Å². The first-order chi connectivity index (χ1) is 13.6. The number of piperazine rings is 1. The van der Waals surface area contributed by atoms with Crippen LogP contribution in [0.3, 0.4) is 0 Å². The van der Waals surface area contributed by atoms with Crippen LogP contribution in [0.25, 0.3) is 0 Å². The number of hydrogen-bond donors (Lipinski definition) is 1. The molecule has 2 saturated heterocycles. The van der Waals surface area contributed by atoms with Crippen LogP contribution < -0.4 is 10.2 Å². The molecule has 4 rings (SSSR count). The van der Waals surface area contributed by atoms with Crippen LogP contribution in [0.15, 0.2) is 36.5 Å². The molecular formula is C23H32N4O. The summed E-state index contributed by atoms with van der Waals surface area (Å²) >= 11 is 0. The first-order valence-corrected chi connectivity index (χ1v) is 10.4. The van der Waals surface area contributed by atoms with Crippen molar-refractivity contribution in [1.29, 1.82) is 0 Å². The van der Waals surface area contributed by atoms with Gasteiger partial charge in [0.05, 0.1) is 19.3 Å². The zero-order valence-electron chi connectivity index (χ0n) is 17.3. The summed E-state index contributed by atoms with van der Waals surface area (Å²) in [5.74, 6) is 1.11. The Balaban J connectivity index is 1.44. The number of hydrogen-bond acceptors (Lipinski definition) is 5. The first-order valence-electron chi connectivity index (χ1n) is 10.4. The van der Waals surface area contributed by atoms with Crippen molar-refractivity contribution < 1.29 is 4.74 Å². The van der Waals surface area contributed by atoms with Crippen molar-refractivity contribution in [3.05, 3.63) is 58.8 Å². The van der Waals surface area contributed by atoms with Crippen molar-refractivity contribution in [2.75, 3.05) is 44.3 Å². The lowest BCUT2D eigenvalue weighted by Crippen LogP contribution is -2.45. The number of nitrogens with zero attached hydrogens (tertiary/aromatic N) is 3. The van der Waals surface area contributed by atoms with Gasteiger partial charge in [-0.25, -0.2) is 4.98 Å². The lowest BCUT2D eigenvalue weighted by Gasteiger charge is -2.36. The minimum absolute atomic E-state index is 0.383. The number of pyridine rings is 1. The molecule has 3 heterocycles. The number of rotatable bonds is 4. The predicted octanol–water partition coefficient (Wildman–Crippen LogP) is 3.07. The van der Waals surface area contributed by atoms with Crippen LogP contribution in [-0.2, 0) is 11.3 Å². The lowest BCUT2D eigenvalue weighted by atomic mass is 9.99. The van der Waals surface area contributed by atoms with Crippen molar-refractivity contribution in [2.24, 2.45) is 0 Å². The largest absolute Gasteiger partial charge is 0.377 e. The first kappa shape index (κ1) is 19.4. The quantitative estimate of drug-likeness (QED) is 0.883. The fourth-order valence-electron chi connectivity index (χ4n) is 4.45. The number of anilines is 1. The highest BCUT2D eigenvalue weighted by Gasteiger charge is 2.24. The SMILES string of the molecule is Cc1ccccc1[C@@H]1CN(Cc2cnc(N3CCOC[C@@H]3C)c(C)c2)CCN1. The summed E-state index contributed by atoms with van der Waals surface area (Å²) in [5, 5.41) is 3.68. The van der Waals surface area contributed by atoms with Gasteiger partial charge in [-0.1, -0.05) is 24.3 Å². The van der Waals surface area contributed by atoms with E-state index in [4.69, 9.17) is 9.72 Å². The smallest absolute Gasteiger partial charge is 0.131 e. The molecule has 5 heteroatoms. The summed E-state index contributed by atoms with van der Waals surface area (Å²) in [6.45, 7) is 13.2. The Morgan fingerprint density at radius 1 is 1.18 bits per heavy atom. The molecule has 5 nitrogen and oxygen atoms in total. The molecule has 2 aliphatic heterocycles. The van der Waals surface area contributed by atoms with Gasteiger partial charge in [-0.2, -0.15) is 0 Å². The van der Waals surface area contributed by atoms with Gasteiger partial charge in [0.1, 0.15) is 5.82 Å². The van der Waals surface area contributed by atoms with Crippen LogP contribution in [0.4, 0.5) is 5.82 Å². The van der Waals surface area contributed by atoms with Crippen molar-refractivity contribution in [2.45, 2.75) is 39.4 Å². The van der Waals surface area contributed by atoms with Gasteiger partial charge in [0.2, 0.25) is 0 Å². The number of ether oxygens (including phenoxy) is 1. The molecule has 0 bridgehead atoms. The maximum Gasteiger partial charge on any atom is 0.131 e. The normalized spacial score (nSPS) is 23.8. The Bertz CT molecular complexity index is 809. The highest BCUT2D eigenvalue weighted by molar-refractivity contribution is 5.48. The van der Waals surface area contributed by atoms with E-state index in [9.17, 15) is 0 Å². The Hall–Kier alpha value is -1.95. The standard InChI is InChI=1S/C23H32N4O/c1-17-6-4-5-7-21(17)22-15-26(9-8-24-22)14-20-12-18(2)23(25-13-20)27-10-11-28-16-19(27)3/h4-7,12-13,19,22,24H,8-11,14-16H2,1-3H3/t19-,22-/m0/s1. The topological polar surface area (TPSA) is 40.6 Å². The number of benzene rings is 1. The molecule has 0 unspecified atom stereocenters. The van der Waals surface area contributed by atoms with E-state index in [2.05, 4.69) is 72.4 Å². The Kier molecular flexibility index (Phi) is 5.95. The Morgan fingerprint density at radius 2 is 2.04 bits per heavy atom. The third-order valence-corrected chi connectivity index (χ3v) is 5.98. The zero-order valence-corrected chi connectivity index (χ0v) is 17.3. The Labute approximate surface area is 168 Å². The number of nitrogens with one attached hydrogen (secondary N) is 1. The van der Waals surface area contributed by atoms with Crippen LogP contribution in [0.5, 0.6) is 0 Å². The molecule has 0 radical (unpaired) electrons. The van der Waals surface area contributed by atoms with Crippen LogP contribution in [0.1, 0.15) is 35.2 Å². The van der Waals surface area contributed by atoms with E-state index in [1.165, 1.54) is 22.3 Å². The molecule has 1 aromatic heterocycles. The van der Waals surface area contributed by atoms with Gasteiger partial charge < -0.3 is 15.0 Å². The van der Waals surface area contributed by atoms with Gasteiger partial charge in [-0.3, -0.25) is 4.90 Å². The van der Waals surface area contributed by atoms with Crippen molar-refractivity contribution >= 4 is 5.82 Å². The molecule has 0 aliphatic carbocycles. The van der Waals surface area contributed by atoms with Crippen LogP contribution in [0.2, 0.25) is 0 Å². The summed E-state index contributed by atoms with van der Waals surface area (Å²) in [6.07, 6.45) is 2.06. The zero-order chi connectivity index (χ0) is 19.5. The molecule has 1 aromatic carbocycles. The van der Waals surface area contributed by atoms with Crippen LogP contribution >= 0.6 is 0 Å². The van der Waals surface area contributed by atoms with E-state index in [1.807, 2.05) is 0 Å². The van der Waals surface area contributed by atoms with Crippen molar-refractivity contribution in [1.82, 2.24) is 15.2 Å². The highest BCUT2D eigenvalue weighted by Crippen LogP contribution is 2.24. The van der Waals surface area contributed by atoms with Crippen molar-refractivity contribution in [3.8, 4) is 0 Å². The fraction of sp³-hybridized carbons (Fsp3) is 0.522. The molecule has 0 amide bonds. The molecule has 2 atom stereocenters. The second kappa shape index (κ2) is 8.60. The van der Waals surface area contributed by atoms with Gasteiger partial charge in [-0.05, 0) is 49.1 Å². The maximum absolute atomic E-state index is 5.57. The summed E-state index contributed by atoms with van der Waals surface area (Å²) in [5.41, 5.74) is 5.34. The van der Waals surface area contributed by atoms with Crippen LogP contribution in [-0.4, -0.2) is 55.3 Å². The van der Waals surface area contributed by atoms with Gasteiger partial charge >= 0.3 is 0 Å². The van der Waals surface area contributed by atoms with Crippen molar-refractivity contribution in [3.63, 3.8) is 0 Å². The van der Waals surface area contributed by atoms with Gasteiger partial charge in [0.15, 0.2) is 0 Å². The minimum atomic E-state index is 0.383. The second-order valence-electron chi connectivity index (χ2n) is 8.20. The number of morpholine rings is 1. The summed E-state index contributed by atoms with van der Waals surface area (Å²) in [6, 6.07) is 11.8. The number of aryl methyl sites for hydroxylation is 2. The van der Waals surface area contributed by atoms with E-state index in [0.717, 1.165) is 51.8 Å². The van der Waals surface area contributed by atoms with Gasteiger partial charge in [-0.15, -0.1) is 0 Å². The molecule has 150 valence electrons. The average molecular weight is 381 g/mol. The average Bonchev–Trinajstić information content (AvgIpc) is 2.70. The molecule has 2 aliphatic rings. The molecule has 2 fully saturated rings. The summed E-state index contributed by atoms with van der Waals surface area (Å²) in [4.78, 5) is 9.76. The predicted molar refractivity (Wildman–Crippen MR) is 114 cm³/mol. The third kappa shape index (κ3) is 4.22. The lowest BCUT2D eigenvalue weighted by molar-refractivity contribution is 0.0984. The van der Waals surface area contributed by atoms with Crippen LogP contribution in [0, 0.1) is 13.8 Å². The maximum atomic E-state index is 5.57. The van der Waals surface area contributed by atoms with Gasteiger partial charge in [0, 0.05) is 45.0 Å². The van der Waals surface area contributed by atoms with E-state index in [1.54, 1.807) is 0 Å². The fourth-order valence-corrected chi connectivity index (χ4v) is 4.45. The second-order valence-corrected chi connectivity index (χ2v) is 8.20. The monoisotopic (exact) mass is 380 g/mol. The van der Waals surface area contributed by atoms with Gasteiger partial charge in [0.25, 0.3) is 0 Å². The Morgan fingerprint density at radius 3 is 2.82 bits per heavy atom. The molecule has 0 spiro atoms. The summed E-state index contributed by atoms with van der Waals surface area (Å²) < 4.78 is 5.57.